The molecule has 0 unspecified atom stereocenters. The van der Waals surface area contributed by atoms with E-state index in [0.717, 1.165) is 15.2 Å². The van der Waals surface area contributed by atoms with Gasteiger partial charge in [-0.15, -0.1) is 11.3 Å². The van der Waals surface area contributed by atoms with Crippen molar-refractivity contribution in [1.29, 1.82) is 0 Å². The molecular formula is C22H17N5O2S. The zero-order valence-electron chi connectivity index (χ0n) is 16.1. The Labute approximate surface area is 175 Å². The number of aromatic nitrogens is 3. The van der Waals surface area contributed by atoms with Crippen molar-refractivity contribution in [2.75, 3.05) is 5.43 Å². The predicted molar refractivity (Wildman–Crippen MR) is 120 cm³/mol. The lowest BCUT2D eigenvalue weighted by Gasteiger charge is -2.10. The van der Waals surface area contributed by atoms with E-state index in [1.54, 1.807) is 28.2 Å². The number of hydrazone groups is 1. The Kier molecular flexibility index (Phi) is 4.61. The molecule has 8 heteroatoms. The van der Waals surface area contributed by atoms with E-state index in [1.807, 2.05) is 61.5 Å². The van der Waals surface area contributed by atoms with Gasteiger partial charge in [-0.3, -0.25) is 9.36 Å². The highest BCUT2D eigenvalue weighted by Gasteiger charge is 2.11. The summed E-state index contributed by atoms with van der Waals surface area (Å²) >= 11 is 1.58. The van der Waals surface area contributed by atoms with Gasteiger partial charge in [0, 0.05) is 6.54 Å². The Morgan fingerprint density at radius 2 is 1.87 bits per heavy atom. The number of nitrogens with one attached hydrogen (secondary N) is 1. The Bertz CT molecular complexity index is 1410. The molecule has 5 rings (SSSR count). The fraction of sp³-hybridized carbons (Fsp3) is 0.0909. The molecule has 30 heavy (non-hydrogen) atoms. The van der Waals surface area contributed by atoms with Crippen LogP contribution in [0.25, 0.3) is 31.9 Å². The van der Waals surface area contributed by atoms with E-state index >= 15 is 0 Å². The number of anilines is 1. The lowest BCUT2D eigenvalue weighted by molar-refractivity contribution is 0.574. The Hall–Kier alpha value is -3.78. The van der Waals surface area contributed by atoms with Crippen molar-refractivity contribution in [3.63, 3.8) is 0 Å². The van der Waals surface area contributed by atoms with Gasteiger partial charge in [0.25, 0.3) is 5.56 Å². The smallest absolute Gasteiger partial charge is 0.262 e. The number of furan rings is 1. The second-order valence-corrected chi connectivity index (χ2v) is 7.59. The van der Waals surface area contributed by atoms with E-state index in [4.69, 9.17) is 4.42 Å². The molecule has 3 heterocycles. The molecule has 0 amide bonds. The number of thiazole rings is 1. The second kappa shape index (κ2) is 7.57. The number of hydrogen-bond donors (Lipinski definition) is 1. The van der Waals surface area contributed by atoms with Gasteiger partial charge >= 0.3 is 0 Å². The van der Waals surface area contributed by atoms with Crippen LogP contribution < -0.4 is 11.0 Å². The fourth-order valence-corrected chi connectivity index (χ4v) is 4.14. The molecule has 2 aromatic carbocycles. The standard InChI is InChI=1S/C22H17N5O2S/c1-2-27-21(28)15-7-3-4-8-16(15)25-22(27)26-23-13-14-11-12-18(29-14)20-24-17-9-5-6-10-19(17)30-20/h3-13H,2H2,1H3,(H,25,26)/b23-13-. The van der Waals surface area contributed by atoms with E-state index in [1.165, 1.54) is 0 Å². The lowest BCUT2D eigenvalue weighted by Crippen LogP contribution is -2.23. The molecule has 0 aliphatic rings. The van der Waals surface area contributed by atoms with Crippen molar-refractivity contribution in [3.05, 3.63) is 76.8 Å². The summed E-state index contributed by atoms with van der Waals surface area (Å²) in [6, 6.07) is 18.9. The van der Waals surface area contributed by atoms with E-state index in [2.05, 4.69) is 20.5 Å². The summed E-state index contributed by atoms with van der Waals surface area (Å²) in [6.45, 7) is 2.38. The third-order valence-corrected chi connectivity index (χ3v) is 5.72. The van der Waals surface area contributed by atoms with E-state index in [0.29, 0.717) is 34.9 Å². The quantitative estimate of drug-likeness (QED) is 0.331. The minimum Gasteiger partial charge on any atom is -0.453 e. The third-order valence-electron chi connectivity index (χ3n) is 4.67. The average Bonchev–Trinajstić information content (AvgIpc) is 3.41. The van der Waals surface area contributed by atoms with Crippen molar-refractivity contribution in [1.82, 2.24) is 14.5 Å². The molecule has 0 aliphatic carbocycles. The summed E-state index contributed by atoms with van der Waals surface area (Å²) < 4.78 is 8.52. The molecule has 3 aromatic heterocycles. The number of benzene rings is 2. The number of hydrogen-bond acceptors (Lipinski definition) is 7. The Morgan fingerprint density at radius 1 is 1.07 bits per heavy atom. The lowest BCUT2D eigenvalue weighted by atomic mass is 10.2. The molecule has 0 saturated heterocycles. The van der Waals surface area contributed by atoms with Crippen LogP contribution in [0.1, 0.15) is 12.7 Å². The summed E-state index contributed by atoms with van der Waals surface area (Å²) in [5.41, 5.74) is 4.34. The van der Waals surface area contributed by atoms with Crippen LogP contribution in [-0.4, -0.2) is 20.7 Å². The molecule has 0 radical (unpaired) electrons. The minimum absolute atomic E-state index is 0.100. The summed E-state index contributed by atoms with van der Waals surface area (Å²) in [6.07, 6.45) is 1.55. The van der Waals surface area contributed by atoms with E-state index in [-0.39, 0.29) is 5.56 Å². The first-order valence-corrected chi connectivity index (χ1v) is 10.3. The van der Waals surface area contributed by atoms with Crippen molar-refractivity contribution in [3.8, 4) is 10.8 Å². The predicted octanol–water partition coefficient (Wildman–Crippen LogP) is 4.73. The van der Waals surface area contributed by atoms with Crippen LogP contribution in [0.15, 0.2) is 75.0 Å². The van der Waals surface area contributed by atoms with Gasteiger partial charge in [0.1, 0.15) is 5.76 Å². The summed E-state index contributed by atoms with van der Waals surface area (Å²) in [7, 11) is 0. The van der Waals surface area contributed by atoms with Gasteiger partial charge in [-0.2, -0.15) is 5.10 Å². The zero-order chi connectivity index (χ0) is 20.5. The molecule has 0 saturated carbocycles. The van der Waals surface area contributed by atoms with Crippen LogP contribution >= 0.6 is 11.3 Å². The molecule has 0 aliphatic heterocycles. The van der Waals surface area contributed by atoms with Crippen molar-refractivity contribution < 1.29 is 4.42 Å². The minimum atomic E-state index is -0.100. The first-order chi connectivity index (χ1) is 14.7. The van der Waals surface area contributed by atoms with Gasteiger partial charge in [0.2, 0.25) is 5.95 Å². The summed E-state index contributed by atoms with van der Waals surface area (Å²) in [5, 5.41) is 5.61. The highest BCUT2D eigenvalue weighted by Crippen LogP contribution is 2.30. The summed E-state index contributed by atoms with van der Waals surface area (Å²) in [4.78, 5) is 21.8. The normalized spacial score (nSPS) is 11.6. The third kappa shape index (κ3) is 3.27. The van der Waals surface area contributed by atoms with Gasteiger partial charge in [0.15, 0.2) is 10.8 Å². The van der Waals surface area contributed by atoms with E-state index in [9.17, 15) is 4.79 Å². The highest BCUT2D eigenvalue weighted by molar-refractivity contribution is 7.21. The van der Waals surface area contributed by atoms with Gasteiger partial charge in [-0.25, -0.2) is 15.4 Å². The first kappa shape index (κ1) is 18.3. The molecule has 1 N–H and O–H groups in total. The molecular weight excluding hydrogens is 398 g/mol. The fourth-order valence-electron chi connectivity index (χ4n) is 3.22. The maximum Gasteiger partial charge on any atom is 0.262 e. The van der Waals surface area contributed by atoms with Crippen LogP contribution in [0.5, 0.6) is 0 Å². The summed E-state index contributed by atoms with van der Waals surface area (Å²) in [5.74, 6) is 1.64. The molecule has 5 aromatic rings. The van der Waals surface area contributed by atoms with Gasteiger partial charge in [0.05, 0.1) is 27.3 Å². The van der Waals surface area contributed by atoms with Crippen molar-refractivity contribution >= 4 is 44.6 Å². The zero-order valence-corrected chi connectivity index (χ0v) is 16.9. The monoisotopic (exact) mass is 415 g/mol. The first-order valence-electron chi connectivity index (χ1n) is 9.47. The molecule has 7 nitrogen and oxygen atoms in total. The number of fused-ring (bicyclic) bond motifs is 2. The Balaban J connectivity index is 1.40. The van der Waals surface area contributed by atoms with Crippen LogP contribution in [0.2, 0.25) is 0 Å². The van der Waals surface area contributed by atoms with Gasteiger partial charge < -0.3 is 4.42 Å². The molecule has 148 valence electrons. The van der Waals surface area contributed by atoms with Crippen LogP contribution in [-0.2, 0) is 6.54 Å². The number of nitrogens with zero attached hydrogens (tertiary/aromatic N) is 4. The molecule has 0 atom stereocenters. The molecule has 0 fully saturated rings. The van der Waals surface area contributed by atoms with Crippen molar-refractivity contribution in [2.24, 2.45) is 5.10 Å². The number of para-hydroxylation sites is 2. The topological polar surface area (TPSA) is 85.3 Å². The van der Waals surface area contributed by atoms with Crippen LogP contribution in [0.4, 0.5) is 5.95 Å². The maximum absolute atomic E-state index is 12.7. The average molecular weight is 415 g/mol. The largest absolute Gasteiger partial charge is 0.453 e. The highest BCUT2D eigenvalue weighted by atomic mass is 32.1. The van der Waals surface area contributed by atoms with Crippen molar-refractivity contribution in [2.45, 2.75) is 13.5 Å². The Morgan fingerprint density at radius 3 is 2.70 bits per heavy atom. The molecule has 0 spiro atoms. The number of rotatable bonds is 5. The molecule has 0 bridgehead atoms. The second-order valence-electron chi connectivity index (χ2n) is 6.56. The SMILES string of the molecule is CCn1c(N/N=C\c2ccc(-c3nc4ccccc4s3)o2)nc2ccccc2c1=O. The van der Waals surface area contributed by atoms with Crippen LogP contribution in [0, 0.1) is 0 Å². The van der Waals surface area contributed by atoms with Crippen LogP contribution in [0.3, 0.4) is 0 Å². The van der Waals surface area contributed by atoms with Gasteiger partial charge in [-0.1, -0.05) is 24.3 Å². The van der Waals surface area contributed by atoms with Gasteiger partial charge in [-0.05, 0) is 43.3 Å². The maximum atomic E-state index is 12.7. The van der Waals surface area contributed by atoms with E-state index < -0.39 is 0 Å².